The minimum absolute atomic E-state index is 0.167. The number of nitro groups is 1. The number of ether oxygens (including phenoxy) is 2. The van der Waals surface area contributed by atoms with Gasteiger partial charge in [0.2, 0.25) is 11.4 Å². The van der Waals surface area contributed by atoms with E-state index in [1.807, 2.05) is 0 Å². The lowest BCUT2D eigenvalue weighted by Crippen LogP contribution is -2.62. The number of rotatable bonds is 9. The Morgan fingerprint density at radius 3 is 2.11 bits per heavy atom. The highest BCUT2D eigenvalue weighted by atomic mass is 16.6. The largest absolute Gasteiger partial charge is 0.502 e. The van der Waals surface area contributed by atoms with Crippen LogP contribution in [0.15, 0.2) is 18.2 Å². The van der Waals surface area contributed by atoms with E-state index in [1.165, 1.54) is 19.9 Å². The van der Waals surface area contributed by atoms with Gasteiger partial charge in [0.15, 0.2) is 11.5 Å². The van der Waals surface area contributed by atoms with Crippen LogP contribution in [0.4, 0.5) is 5.69 Å². The Morgan fingerprint density at radius 2 is 1.68 bits per heavy atom. The molecule has 28 heavy (non-hydrogen) atoms. The Labute approximate surface area is 159 Å². The third kappa shape index (κ3) is 4.81. The van der Waals surface area contributed by atoms with Crippen LogP contribution in [0, 0.1) is 10.1 Å². The molecule has 0 radical (unpaired) electrons. The predicted molar refractivity (Wildman–Crippen MR) is 93.5 cm³/mol. The van der Waals surface area contributed by atoms with Crippen molar-refractivity contribution in [1.82, 2.24) is 5.32 Å². The van der Waals surface area contributed by atoms with Crippen LogP contribution in [0.5, 0.6) is 5.75 Å². The van der Waals surface area contributed by atoms with Gasteiger partial charge in [-0.25, -0.2) is 9.59 Å². The highest BCUT2D eigenvalue weighted by Gasteiger charge is 2.52. The molecule has 1 amide bonds. The lowest BCUT2D eigenvalue weighted by Gasteiger charge is -2.29. The number of para-hydroxylation sites is 1. The van der Waals surface area contributed by atoms with Crippen molar-refractivity contribution in [3.05, 3.63) is 33.9 Å². The second-order valence-corrected chi connectivity index (χ2v) is 5.56. The van der Waals surface area contributed by atoms with Crippen LogP contribution in [-0.2, 0) is 23.9 Å². The number of aromatic hydroxyl groups is 1. The summed E-state index contributed by atoms with van der Waals surface area (Å²) < 4.78 is 9.65. The molecule has 152 valence electrons. The number of Topliss-reactive ketones (excluding diaryl/α,β-unsaturated/α-hetero) is 1. The van der Waals surface area contributed by atoms with Gasteiger partial charge in [-0.15, -0.1) is 0 Å². The fourth-order valence-corrected chi connectivity index (χ4v) is 2.47. The lowest BCUT2D eigenvalue weighted by molar-refractivity contribution is -0.386. The Hall–Kier alpha value is -3.50. The predicted octanol–water partition coefficient (Wildman–Crippen LogP) is 0.874. The third-order valence-corrected chi connectivity index (χ3v) is 3.56. The number of ketones is 1. The molecule has 1 rings (SSSR count). The van der Waals surface area contributed by atoms with Crippen molar-refractivity contribution < 1.29 is 38.7 Å². The molecule has 0 aliphatic carbocycles. The number of nitro benzene ring substituents is 1. The van der Waals surface area contributed by atoms with Crippen LogP contribution in [-0.4, -0.2) is 52.4 Å². The van der Waals surface area contributed by atoms with Crippen LogP contribution in [0.2, 0.25) is 0 Å². The van der Waals surface area contributed by atoms with Crippen molar-refractivity contribution in [3.63, 3.8) is 0 Å². The maximum Gasteiger partial charge on any atom is 0.344 e. The van der Waals surface area contributed by atoms with Gasteiger partial charge in [0, 0.05) is 6.92 Å². The first kappa shape index (κ1) is 22.5. The summed E-state index contributed by atoms with van der Waals surface area (Å²) >= 11 is 0. The average molecular weight is 396 g/mol. The van der Waals surface area contributed by atoms with Gasteiger partial charge in [-0.2, -0.15) is 0 Å². The molecule has 1 aromatic carbocycles. The van der Waals surface area contributed by atoms with E-state index in [9.17, 15) is 34.4 Å². The summed E-state index contributed by atoms with van der Waals surface area (Å²) in [6.07, 6.45) is -1.01. The zero-order valence-corrected chi connectivity index (χ0v) is 15.5. The molecule has 1 aromatic rings. The molecule has 2 N–H and O–H groups in total. The summed E-state index contributed by atoms with van der Waals surface area (Å²) in [4.78, 5) is 59.6. The number of benzene rings is 1. The van der Waals surface area contributed by atoms with Crippen molar-refractivity contribution in [2.45, 2.75) is 32.7 Å². The lowest BCUT2D eigenvalue weighted by atomic mass is 9.89. The van der Waals surface area contributed by atoms with Crippen LogP contribution >= 0.6 is 0 Å². The van der Waals surface area contributed by atoms with E-state index in [2.05, 4.69) is 5.32 Å². The first-order chi connectivity index (χ1) is 13.1. The zero-order chi connectivity index (χ0) is 21.5. The molecule has 0 saturated heterocycles. The molecule has 0 bridgehead atoms. The smallest absolute Gasteiger partial charge is 0.344 e. The number of phenols is 1. The monoisotopic (exact) mass is 396 g/mol. The molecular weight excluding hydrogens is 376 g/mol. The molecule has 0 aromatic heterocycles. The van der Waals surface area contributed by atoms with Crippen molar-refractivity contribution in [1.29, 1.82) is 0 Å². The van der Waals surface area contributed by atoms with Gasteiger partial charge in [-0.1, -0.05) is 6.07 Å². The molecule has 0 saturated carbocycles. The summed E-state index contributed by atoms with van der Waals surface area (Å²) in [5, 5.41) is 23.0. The molecule has 0 heterocycles. The zero-order valence-electron chi connectivity index (χ0n) is 15.5. The Morgan fingerprint density at radius 1 is 1.14 bits per heavy atom. The number of phenolic OH excluding ortho intramolecular Hbond substituents is 1. The Bertz CT molecular complexity index is 786. The fourth-order valence-electron chi connectivity index (χ4n) is 2.47. The summed E-state index contributed by atoms with van der Waals surface area (Å²) in [7, 11) is 0. The van der Waals surface area contributed by atoms with Gasteiger partial charge >= 0.3 is 17.6 Å². The molecule has 11 heteroatoms. The van der Waals surface area contributed by atoms with Crippen molar-refractivity contribution in [2.75, 3.05) is 13.2 Å². The molecule has 0 unspecified atom stereocenters. The van der Waals surface area contributed by atoms with E-state index < -0.39 is 57.5 Å². The second kappa shape index (κ2) is 9.44. The van der Waals surface area contributed by atoms with Gasteiger partial charge in [0.1, 0.15) is 0 Å². The van der Waals surface area contributed by atoms with E-state index in [4.69, 9.17) is 9.47 Å². The summed E-state index contributed by atoms with van der Waals surface area (Å²) in [5.74, 6) is -5.16. The fraction of sp³-hybridized carbons (Fsp3) is 0.412. The number of nitrogens with zero attached hydrogens (tertiary/aromatic N) is 1. The normalized spacial score (nSPS) is 10.7. The number of hydrogen-bond donors (Lipinski definition) is 2. The van der Waals surface area contributed by atoms with Crippen molar-refractivity contribution >= 4 is 29.3 Å². The average Bonchev–Trinajstić information content (AvgIpc) is 2.60. The highest BCUT2D eigenvalue weighted by Crippen LogP contribution is 2.32. The maximum absolute atomic E-state index is 12.8. The van der Waals surface area contributed by atoms with E-state index in [-0.39, 0.29) is 13.2 Å². The molecule has 0 atom stereocenters. The Kier molecular flexibility index (Phi) is 7.60. The first-order valence-electron chi connectivity index (χ1n) is 8.23. The van der Waals surface area contributed by atoms with Gasteiger partial charge in [0.05, 0.1) is 30.1 Å². The van der Waals surface area contributed by atoms with Gasteiger partial charge < -0.3 is 19.9 Å². The number of carbonyl (C=O) groups is 4. The van der Waals surface area contributed by atoms with E-state index in [1.54, 1.807) is 0 Å². The summed E-state index contributed by atoms with van der Waals surface area (Å²) in [5.41, 5.74) is -3.97. The highest BCUT2D eigenvalue weighted by molar-refractivity contribution is 6.14. The Balaban J connectivity index is 3.51. The standard InChI is InChI=1S/C17H20N2O9/c1-4-27-15(23)17(18-10(3)20,16(24)28-5-2)9-13(22)11-7-6-8-12(21)14(11)19(25)26/h6-8,21H,4-5,9H2,1-3H3,(H,18,20). The minimum atomic E-state index is -2.53. The van der Waals surface area contributed by atoms with Gasteiger partial charge in [-0.05, 0) is 26.0 Å². The van der Waals surface area contributed by atoms with Crippen molar-refractivity contribution in [3.8, 4) is 5.75 Å². The molecular formula is C17H20N2O9. The number of carbonyl (C=O) groups excluding carboxylic acids is 4. The van der Waals surface area contributed by atoms with Crippen molar-refractivity contribution in [2.24, 2.45) is 0 Å². The number of hydrogen-bond acceptors (Lipinski definition) is 9. The third-order valence-electron chi connectivity index (χ3n) is 3.56. The van der Waals surface area contributed by atoms with Gasteiger partial charge in [-0.3, -0.25) is 19.7 Å². The van der Waals surface area contributed by atoms with Gasteiger partial charge in [0.25, 0.3) is 0 Å². The maximum atomic E-state index is 12.8. The number of esters is 2. The minimum Gasteiger partial charge on any atom is -0.502 e. The quantitative estimate of drug-likeness (QED) is 0.203. The topological polar surface area (TPSA) is 162 Å². The molecule has 11 nitrogen and oxygen atoms in total. The van der Waals surface area contributed by atoms with Crippen LogP contribution in [0.1, 0.15) is 37.6 Å². The van der Waals surface area contributed by atoms with E-state index >= 15 is 0 Å². The first-order valence-corrected chi connectivity index (χ1v) is 8.23. The number of amides is 1. The van der Waals surface area contributed by atoms with Crippen LogP contribution in [0.3, 0.4) is 0 Å². The molecule has 0 aliphatic heterocycles. The summed E-state index contributed by atoms with van der Waals surface area (Å²) in [6.45, 7) is 3.57. The molecule has 0 spiro atoms. The molecule has 0 fully saturated rings. The second-order valence-electron chi connectivity index (χ2n) is 5.56. The van der Waals surface area contributed by atoms with Crippen LogP contribution in [0.25, 0.3) is 0 Å². The van der Waals surface area contributed by atoms with E-state index in [0.29, 0.717) is 0 Å². The van der Waals surface area contributed by atoms with Crippen LogP contribution < -0.4 is 5.32 Å². The summed E-state index contributed by atoms with van der Waals surface area (Å²) in [6, 6.07) is 3.24. The van der Waals surface area contributed by atoms with E-state index in [0.717, 1.165) is 19.1 Å². The molecule has 0 aliphatic rings. The number of nitrogens with one attached hydrogen (secondary N) is 1. The SMILES string of the molecule is CCOC(=O)C(CC(=O)c1cccc(O)c1[N+](=O)[O-])(NC(C)=O)C(=O)OCC.